The number of carbonyl (C=O) groups is 2. The molecule has 0 spiro atoms. The van der Waals surface area contributed by atoms with Crippen LogP contribution in [-0.4, -0.2) is 53.1 Å². The number of amides is 2. The van der Waals surface area contributed by atoms with Gasteiger partial charge in [0.15, 0.2) is 0 Å². The third-order valence-electron chi connectivity index (χ3n) is 4.09. The normalized spacial score (nSPS) is 27.7. The highest BCUT2D eigenvalue weighted by molar-refractivity contribution is 5.77. The van der Waals surface area contributed by atoms with E-state index in [2.05, 4.69) is 6.92 Å². The summed E-state index contributed by atoms with van der Waals surface area (Å²) in [4.78, 5) is 28.1. The van der Waals surface area contributed by atoms with Gasteiger partial charge in [0.2, 0.25) is 5.91 Å². The Balaban J connectivity index is 2.01. The SMILES string of the molecule is C[C@H]1C[C@H](N2CCCCC2=O)CN(C(=O)OC(C)(C)C)C1. The third kappa shape index (κ3) is 4.35. The highest BCUT2D eigenvalue weighted by Gasteiger charge is 2.35. The lowest BCUT2D eigenvalue weighted by Crippen LogP contribution is -2.55. The van der Waals surface area contributed by atoms with Crippen molar-refractivity contribution in [3.63, 3.8) is 0 Å². The van der Waals surface area contributed by atoms with E-state index in [-0.39, 0.29) is 18.0 Å². The van der Waals surface area contributed by atoms with E-state index in [9.17, 15) is 9.59 Å². The van der Waals surface area contributed by atoms with Crippen LogP contribution in [0.5, 0.6) is 0 Å². The quantitative estimate of drug-likeness (QED) is 0.747. The minimum absolute atomic E-state index is 0.147. The van der Waals surface area contributed by atoms with Gasteiger partial charge >= 0.3 is 6.09 Å². The Hall–Kier alpha value is -1.26. The van der Waals surface area contributed by atoms with E-state index in [4.69, 9.17) is 4.74 Å². The molecule has 0 bridgehead atoms. The fourth-order valence-electron chi connectivity index (χ4n) is 3.23. The molecule has 0 unspecified atom stereocenters. The predicted octanol–water partition coefficient (Wildman–Crippen LogP) is 2.64. The maximum absolute atomic E-state index is 12.3. The van der Waals surface area contributed by atoms with Crippen LogP contribution in [0.2, 0.25) is 0 Å². The summed E-state index contributed by atoms with van der Waals surface area (Å²) in [5, 5.41) is 0. The van der Waals surface area contributed by atoms with Crippen molar-refractivity contribution in [2.24, 2.45) is 5.92 Å². The number of hydrogen-bond donors (Lipinski definition) is 0. The van der Waals surface area contributed by atoms with Crippen LogP contribution >= 0.6 is 0 Å². The van der Waals surface area contributed by atoms with E-state index < -0.39 is 5.60 Å². The molecule has 2 fully saturated rings. The van der Waals surface area contributed by atoms with Crippen LogP contribution < -0.4 is 0 Å². The smallest absolute Gasteiger partial charge is 0.410 e. The minimum Gasteiger partial charge on any atom is -0.444 e. The largest absolute Gasteiger partial charge is 0.444 e. The summed E-state index contributed by atoms with van der Waals surface area (Å²) in [6.07, 6.45) is 3.43. The predicted molar refractivity (Wildman–Crippen MR) is 80.9 cm³/mol. The monoisotopic (exact) mass is 296 g/mol. The van der Waals surface area contributed by atoms with Gasteiger partial charge < -0.3 is 14.5 Å². The molecular weight excluding hydrogens is 268 g/mol. The number of carbonyl (C=O) groups excluding carboxylic acids is 2. The number of rotatable bonds is 1. The Morgan fingerprint density at radius 3 is 2.57 bits per heavy atom. The zero-order valence-electron chi connectivity index (χ0n) is 13.7. The number of hydrogen-bond acceptors (Lipinski definition) is 3. The van der Waals surface area contributed by atoms with Crippen molar-refractivity contribution in [3.8, 4) is 0 Å². The first-order valence-corrected chi connectivity index (χ1v) is 8.03. The third-order valence-corrected chi connectivity index (χ3v) is 4.09. The molecule has 2 rings (SSSR count). The van der Waals surface area contributed by atoms with Crippen molar-refractivity contribution in [1.29, 1.82) is 0 Å². The zero-order valence-corrected chi connectivity index (χ0v) is 13.7. The average Bonchev–Trinajstić information content (AvgIpc) is 2.36. The Morgan fingerprint density at radius 1 is 1.24 bits per heavy atom. The fraction of sp³-hybridized carbons (Fsp3) is 0.875. The number of likely N-dealkylation sites (tertiary alicyclic amines) is 2. The van der Waals surface area contributed by atoms with Crippen molar-refractivity contribution >= 4 is 12.0 Å². The van der Waals surface area contributed by atoms with E-state index in [1.54, 1.807) is 4.90 Å². The summed E-state index contributed by atoms with van der Waals surface area (Å²) < 4.78 is 5.47. The lowest BCUT2D eigenvalue weighted by Gasteiger charge is -2.43. The average molecular weight is 296 g/mol. The summed E-state index contributed by atoms with van der Waals surface area (Å²) in [7, 11) is 0. The first-order valence-electron chi connectivity index (χ1n) is 8.03. The van der Waals surface area contributed by atoms with Crippen molar-refractivity contribution in [2.75, 3.05) is 19.6 Å². The molecule has 0 aliphatic carbocycles. The molecule has 2 heterocycles. The highest BCUT2D eigenvalue weighted by Crippen LogP contribution is 2.25. The summed E-state index contributed by atoms with van der Waals surface area (Å²) in [6.45, 7) is 9.92. The van der Waals surface area contributed by atoms with Crippen LogP contribution in [0.1, 0.15) is 53.4 Å². The molecule has 0 aromatic rings. The molecule has 5 nitrogen and oxygen atoms in total. The second kappa shape index (κ2) is 6.24. The number of nitrogens with zero attached hydrogens (tertiary/aromatic N) is 2. The molecular formula is C16H28N2O3. The minimum atomic E-state index is -0.478. The van der Waals surface area contributed by atoms with Gasteiger partial charge in [-0.2, -0.15) is 0 Å². The second-order valence-electron chi connectivity index (χ2n) is 7.42. The van der Waals surface area contributed by atoms with Crippen molar-refractivity contribution in [1.82, 2.24) is 9.80 Å². The van der Waals surface area contributed by atoms with E-state index >= 15 is 0 Å². The molecule has 2 atom stereocenters. The molecule has 0 N–H and O–H groups in total. The first kappa shape index (κ1) is 16.1. The van der Waals surface area contributed by atoms with Gasteiger partial charge in [0.05, 0.1) is 0 Å². The number of ether oxygens (including phenoxy) is 1. The van der Waals surface area contributed by atoms with Crippen LogP contribution in [0.25, 0.3) is 0 Å². The van der Waals surface area contributed by atoms with Crippen molar-refractivity contribution in [3.05, 3.63) is 0 Å². The molecule has 5 heteroatoms. The molecule has 120 valence electrons. The summed E-state index contributed by atoms with van der Waals surface area (Å²) in [5.41, 5.74) is -0.478. The van der Waals surface area contributed by atoms with Crippen LogP contribution in [0.15, 0.2) is 0 Å². The Kier molecular flexibility index (Phi) is 4.79. The van der Waals surface area contributed by atoms with E-state index in [1.165, 1.54) is 0 Å². The van der Waals surface area contributed by atoms with Crippen LogP contribution in [0, 0.1) is 5.92 Å². The van der Waals surface area contributed by atoms with Gasteiger partial charge in [-0.3, -0.25) is 4.79 Å². The van der Waals surface area contributed by atoms with E-state index in [1.807, 2.05) is 25.7 Å². The van der Waals surface area contributed by atoms with Crippen molar-refractivity contribution < 1.29 is 14.3 Å². The zero-order chi connectivity index (χ0) is 15.6. The second-order valence-corrected chi connectivity index (χ2v) is 7.42. The van der Waals surface area contributed by atoms with Gasteiger partial charge in [-0.1, -0.05) is 6.92 Å². The molecule has 0 aromatic carbocycles. The highest BCUT2D eigenvalue weighted by atomic mass is 16.6. The van der Waals surface area contributed by atoms with Crippen molar-refractivity contribution in [2.45, 2.75) is 65.0 Å². The van der Waals surface area contributed by atoms with Crippen LogP contribution in [0.4, 0.5) is 4.79 Å². The maximum atomic E-state index is 12.3. The van der Waals surface area contributed by atoms with Crippen LogP contribution in [0.3, 0.4) is 0 Å². The molecule has 0 aromatic heterocycles. The summed E-state index contributed by atoms with van der Waals surface area (Å²) in [5.74, 6) is 0.635. The molecule has 2 saturated heterocycles. The molecule has 2 amide bonds. The molecule has 0 saturated carbocycles. The van der Waals surface area contributed by atoms with Gasteiger partial charge in [0.1, 0.15) is 5.60 Å². The van der Waals surface area contributed by atoms with Gasteiger partial charge in [0.25, 0.3) is 0 Å². The molecule has 0 radical (unpaired) electrons. The summed E-state index contributed by atoms with van der Waals surface area (Å²) in [6, 6.07) is 0.147. The van der Waals surface area contributed by atoms with Gasteiger partial charge in [-0.15, -0.1) is 0 Å². The lowest BCUT2D eigenvalue weighted by molar-refractivity contribution is -0.137. The molecule has 21 heavy (non-hydrogen) atoms. The van der Waals surface area contributed by atoms with Gasteiger partial charge in [-0.25, -0.2) is 4.79 Å². The van der Waals surface area contributed by atoms with Gasteiger partial charge in [-0.05, 0) is 46.0 Å². The van der Waals surface area contributed by atoms with E-state index in [0.29, 0.717) is 25.4 Å². The van der Waals surface area contributed by atoms with Gasteiger partial charge in [0, 0.05) is 32.1 Å². The number of piperidine rings is 2. The summed E-state index contributed by atoms with van der Waals surface area (Å²) >= 11 is 0. The standard InChI is InChI=1S/C16H28N2O3/c1-12-9-13(18-8-6-5-7-14(18)19)11-17(10-12)15(20)21-16(2,3)4/h12-13H,5-11H2,1-4H3/t12-,13-/m0/s1. The Labute approximate surface area is 127 Å². The Morgan fingerprint density at radius 2 is 1.95 bits per heavy atom. The van der Waals surface area contributed by atoms with Crippen LogP contribution in [-0.2, 0) is 9.53 Å². The van der Waals surface area contributed by atoms with E-state index in [0.717, 1.165) is 25.8 Å². The topological polar surface area (TPSA) is 49.9 Å². The Bertz CT molecular complexity index is 403. The first-order chi connectivity index (χ1) is 9.76. The maximum Gasteiger partial charge on any atom is 0.410 e. The molecule has 2 aliphatic rings. The fourth-order valence-corrected chi connectivity index (χ4v) is 3.23. The lowest BCUT2D eigenvalue weighted by atomic mass is 9.93. The molecule has 2 aliphatic heterocycles.